The topological polar surface area (TPSA) is 54.5 Å². The first-order valence-electron chi connectivity index (χ1n) is 8.68. The maximum absolute atomic E-state index is 12.0. The summed E-state index contributed by atoms with van der Waals surface area (Å²) in [6.07, 6.45) is 0.756. The highest BCUT2D eigenvalue weighted by Gasteiger charge is 2.08. The molecule has 26 heavy (non-hydrogen) atoms. The smallest absolute Gasteiger partial charge is 0.234 e. The number of para-hydroxylation sites is 2. The van der Waals surface area contributed by atoms with E-state index in [-0.39, 0.29) is 5.91 Å². The Balaban J connectivity index is 1.33. The second-order valence-corrected chi connectivity index (χ2v) is 7.19. The van der Waals surface area contributed by atoms with E-state index >= 15 is 0 Å². The standard InChI is InChI=1S/C20H23N3O2S/c1-23(13-14-25-16-7-3-2-4-8-16)15-19(24)21-12-11-20-22-17-9-5-6-10-18(17)26-20/h2-10H,11-15H2,1H3,(H,21,24). The minimum atomic E-state index is 0.0216. The number of fused-ring (bicyclic) bond motifs is 1. The molecule has 0 atom stereocenters. The van der Waals surface area contributed by atoms with E-state index in [4.69, 9.17) is 4.74 Å². The third-order valence-electron chi connectivity index (χ3n) is 3.90. The van der Waals surface area contributed by atoms with Crippen molar-refractivity contribution >= 4 is 27.5 Å². The fourth-order valence-corrected chi connectivity index (χ4v) is 3.52. The second-order valence-electron chi connectivity index (χ2n) is 6.07. The van der Waals surface area contributed by atoms with Gasteiger partial charge in [-0.1, -0.05) is 30.3 Å². The van der Waals surface area contributed by atoms with Gasteiger partial charge in [0.1, 0.15) is 12.4 Å². The number of ether oxygens (including phenoxy) is 1. The zero-order valence-corrected chi connectivity index (χ0v) is 15.7. The Morgan fingerprint density at radius 2 is 1.92 bits per heavy atom. The maximum Gasteiger partial charge on any atom is 0.234 e. The molecule has 2 aromatic carbocycles. The van der Waals surface area contributed by atoms with Crippen molar-refractivity contribution in [3.8, 4) is 5.75 Å². The zero-order valence-electron chi connectivity index (χ0n) is 14.9. The average Bonchev–Trinajstić information content (AvgIpc) is 3.05. The van der Waals surface area contributed by atoms with Crippen LogP contribution in [0.25, 0.3) is 10.2 Å². The van der Waals surface area contributed by atoms with Crippen molar-refractivity contribution in [2.45, 2.75) is 6.42 Å². The van der Waals surface area contributed by atoms with Crippen LogP contribution in [0.2, 0.25) is 0 Å². The molecular formula is C20H23N3O2S. The van der Waals surface area contributed by atoms with Crippen LogP contribution in [0.5, 0.6) is 5.75 Å². The molecule has 0 bridgehead atoms. The molecule has 1 amide bonds. The number of likely N-dealkylation sites (N-methyl/N-ethyl adjacent to an activating group) is 1. The van der Waals surface area contributed by atoms with Crippen molar-refractivity contribution in [2.24, 2.45) is 0 Å². The van der Waals surface area contributed by atoms with Crippen molar-refractivity contribution in [1.29, 1.82) is 0 Å². The molecule has 6 heteroatoms. The molecule has 1 aromatic heterocycles. The molecular weight excluding hydrogens is 346 g/mol. The number of nitrogens with one attached hydrogen (secondary N) is 1. The lowest BCUT2D eigenvalue weighted by Crippen LogP contribution is -2.37. The number of rotatable bonds is 9. The predicted molar refractivity (Wildman–Crippen MR) is 106 cm³/mol. The molecule has 0 saturated carbocycles. The zero-order chi connectivity index (χ0) is 18.2. The van der Waals surface area contributed by atoms with Crippen molar-refractivity contribution in [1.82, 2.24) is 15.2 Å². The number of amides is 1. The fraction of sp³-hybridized carbons (Fsp3) is 0.300. The minimum absolute atomic E-state index is 0.0216. The van der Waals surface area contributed by atoms with Crippen LogP contribution in [0.3, 0.4) is 0 Å². The lowest BCUT2D eigenvalue weighted by Gasteiger charge is -2.16. The molecule has 0 fully saturated rings. The summed E-state index contributed by atoms with van der Waals surface area (Å²) in [6.45, 7) is 2.21. The Kier molecular flexibility index (Phi) is 6.57. The molecule has 1 heterocycles. The van der Waals surface area contributed by atoms with Gasteiger partial charge in [-0.25, -0.2) is 4.98 Å². The summed E-state index contributed by atoms with van der Waals surface area (Å²) in [4.78, 5) is 18.6. The van der Waals surface area contributed by atoms with E-state index in [2.05, 4.69) is 16.4 Å². The highest BCUT2D eigenvalue weighted by Crippen LogP contribution is 2.21. The first kappa shape index (κ1) is 18.4. The Morgan fingerprint density at radius 1 is 1.15 bits per heavy atom. The van der Waals surface area contributed by atoms with Gasteiger partial charge in [-0.2, -0.15) is 0 Å². The highest BCUT2D eigenvalue weighted by molar-refractivity contribution is 7.18. The fourth-order valence-electron chi connectivity index (χ4n) is 2.55. The van der Waals surface area contributed by atoms with Crippen LogP contribution in [-0.2, 0) is 11.2 Å². The average molecular weight is 369 g/mol. The number of thiazole rings is 1. The Bertz CT molecular complexity index is 802. The Hall–Kier alpha value is -2.44. The first-order chi connectivity index (χ1) is 12.7. The van der Waals surface area contributed by atoms with E-state index in [1.54, 1.807) is 11.3 Å². The van der Waals surface area contributed by atoms with Gasteiger partial charge in [0.05, 0.1) is 21.8 Å². The highest BCUT2D eigenvalue weighted by atomic mass is 32.1. The van der Waals surface area contributed by atoms with Crippen LogP contribution in [0, 0.1) is 0 Å². The summed E-state index contributed by atoms with van der Waals surface area (Å²) in [5.41, 5.74) is 1.02. The molecule has 136 valence electrons. The van der Waals surface area contributed by atoms with Crippen molar-refractivity contribution < 1.29 is 9.53 Å². The molecule has 0 aliphatic rings. The van der Waals surface area contributed by atoms with E-state index in [0.29, 0.717) is 26.2 Å². The van der Waals surface area contributed by atoms with Crippen LogP contribution in [0.1, 0.15) is 5.01 Å². The van der Waals surface area contributed by atoms with E-state index in [0.717, 1.165) is 22.7 Å². The third kappa shape index (κ3) is 5.54. The molecule has 0 spiro atoms. The number of hydrogen-bond acceptors (Lipinski definition) is 5. The van der Waals surface area contributed by atoms with Crippen LogP contribution >= 0.6 is 11.3 Å². The normalized spacial score (nSPS) is 11.0. The van der Waals surface area contributed by atoms with Crippen molar-refractivity contribution in [2.75, 3.05) is 33.3 Å². The van der Waals surface area contributed by atoms with Crippen LogP contribution in [-0.4, -0.2) is 49.1 Å². The molecule has 0 aliphatic heterocycles. The van der Waals surface area contributed by atoms with Gasteiger partial charge in [0.15, 0.2) is 0 Å². The van der Waals surface area contributed by atoms with E-state index < -0.39 is 0 Å². The maximum atomic E-state index is 12.0. The lowest BCUT2D eigenvalue weighted by molar-refractivity contribution is -0.121. The SMILES string of the molecule is CN(CCOc1ccccc1)CC(=O)NCCc1nc2ccccc2s1. The number of benzene rings is 2. The molecule has 0 unspecified atom stereocenters. The van der Waals surface area contributed by atoms with Gasteiger partial charge in [-0.05, 0) is 31.3 Å². The second kappa shape index (κ2) is 9.31. The van der Waals surface area contributed by atoms with Gasteiger partial charge in [0, 0.05) is 19.5 Å². The van der Waals surface area contributed by atoms with Crippen LogP contribution < -0.4 is 10.1 Å². The Morgan fingerprint density at radius 3 is 2.73 bits per heavy atom. The summed E-state index contributed by atoms with van der Waals surface area (Å²) < 4.78 is 6.83. The number of carbonyl (C=O) groups excluding carboxylic acids is 1. The lowest BCUT2D eigenvalue weighted by atomic mass is 10.3. The van der Waals surface area contributed by atoms with Gasteiger partial charge in [-0.3, -0.25) is 9.69 Å². The third-order valence-corrected chi connectivity index (χ3v) is 4.99. The van der Waals surface area contributed by atoms with E-state index in [9.17, 15) is 4.79 Å². The largest absolute Gasteiger partial charge is 0.492 e. The van der Waals surface area contributed by atoms with Gasteiger partial charge in [-0.15, -0.1) is 11.3 Å². The van der Waals surface area contributed by atoms with Gasteiger partial charge < -0.3 is 10.1 Å². The molecule has 1 N–H and O–H groups in total. The number of hydrogen-bond donors (Lipinski definition) is 1. The summed E-state index contributed by atoms with van der Waals surface area (Å²) in [5.74, 6) is 0.870. The summed E-state index contributed by atoms with van der Waals surface area (Å²) >= 11 is 1.68. The number of carbonyl (C=O) groups is 1. The van der Waals surface area contributed by atoms with Crippen molar-refractivity contribution in [3.63, 3.8) is 0 Å². The summed E-state index contributed by atoms with van der Waals surface area (Å²) in [6, 6.07) is 17.8. The minimum Gasteiger partial charge on any atom is -0.492 e. The molecule has 0 aliphatic carbocycles. The molecule has 0 saturated heterocycles. The summed E-state index contributed by atoms with van der Waals surface area (Å²) in [5, 5.41) is 4.01. The van der Waals surface area contributed by atoms with Gasteiger partial charge in [0.25, 0.3) is 0 Å². The first-order valence-corrected chi connectivity index (χ1v) is 9.50. The molecule has 3 aromatic rings. The van der Waals surface area contributed by atoms with Crippen LogP contribution in [0.15, 0.2) is 54.6 Å². The predicted octanol–water partition coefficient (Wildman–Crippen LogP) is 2.97. The molecule has 3 rings (SSSR count). The molecule has 0 radical (unpaired) electrons. The van der Waals surface area contributed by atoms with E-state index in [1.807, 2.05) is 60.5 Å². The quantitative estimate of drug-likeness (QED) is 0.630. The molecule has 5 nitrogen and oxygen atoms in total. The monoisotopic (exact) mass is 369 g/mol. The Labute approximate surface area is 157 Å². The van der Waals surface area contributed by atoms with Crippen molar-refractivity contribution in [3.05, 3.63) is 59.6 Å². The van der Waals surface area contributed by atoms with Gasteiger partial charge in [0.2, 0.25) is 5.91 Å². The van der Waals surface area contributed by atoms with E-state index in [1.165, 1.54) is 4.70 Å². The summed E-state index contributed by atoms with van der Waals surface area (Å²) in [7, 11) is 1.92. The number of aromatic nitrogens is 1. The number of nitrogens with zero attached hydrogens (tertiary/aromatic N) is 2. The van der Waals surface area contributed by atoms with Crippen LogP contribution in [0.4, 0.5) is 0 Å². The van der Waals surface area contributed by atoms with Gasteiger partial charge >= 0.3 is 0 Å².